The Morgan fingerprint density at radius 2 is 1.71 bits per heavy atom. The summed E-state index contributed by atoms with van der Waals surface area (Å²) in [6.45, 7) is 1.48. The van der Waals surface area contributed by atoms with E-state index in [1.165, 1.54) is 12.1 Å². The van der Waals surface area contributed by atoms with E-state index in [1.807, 2.05) is 7.05 Å². The van der Waals surface area contributed by atoms with Crippen LogP contribution in [0.25, 0.3) is 0 Å². The van der Waals surface area contributed by atoms with Gasteiger partial charge in [-0.15, -0.1) is 11.6 Å². The van der Waals surface area contributed by atoms with Crippen molar-refractivity contribution >= 4 is 11.6 Å². The monoisotopic (exact) mass is 261 g/mol. The van der Waals surface area contributed by atoms with Gasteiger partial charge >= 0.3 is 0 Å². The summed E-state index contributed by atoms with van der Waals surface area (Å²) in [7, 11) is 1.95. The van der Waals surface area contributed by atoms with E-state index in [-0.39, 0.29) is 0 Å². The predicted octanol–water partition coefficient (Wildman–Crippen LogP) is 3.81. The summed E-state index contributed by atoms with van der Waals surface area (Å²) in [5.41, 5.74) is 0.669. The lowest BCUT2D eigenvalue weighted by Gasteiger charge is -2.16. The van der Waals surface area contributed by atoms with E-state index in [0.717, 1.165) is 31.9 Å². The highest BCUT2D eigenvalue weighted by Crippen LogP contribution is 2.10. The van der Waals surface area contributed by atoms with Gasteiger partial charge in [-0.3, -0.25) is 0 Å². The van der Waals surface area contributed by atoms with Crippen molar-refractivity contribution in [3.05, 3.63) is 35.4 Å². The lowest BCUT2D eigenvalue weighted by molar-refractivity contribution is 0.317. The molecular weight excluding hydrogens is 244 g/mol. The molecule has 0 aliphatic carbocycles. The molecule has 0 radical (unpaired) electrons. The molecule has 0 unspecified atom stereocenters. The Kier molecular flexibility index (Phi) is 6.45. The minimum absolute atomic E-state index is 0.518. The molecule has 0 amide bonds. The topological polar surface area (TPSA) is 3.24 Å². The molecule has 1 aromatic carbocycles. The lowest BCUT2D eigenvalue weighted by atomic mass is 10.2. The number of hydrogen-bond acceptors (Lipinski definition) is 1. The Morgan fingerprint density at radius 3 is 2.29 bits per heavy atom. The van der Waals surface area contributed by atoms with E-state index in [9.17, 15) is 8.78 Å². The smallest absolute Gasteiger partial charge is 0.126 e. The molecule has 0 fully saturated rings. The second-order valence-electron chi connectivity index (χ2n) is 4.27. The molecule has 0 heterocycles. The van der Waals surface area contributed by atoms with Crippen molar-refractivity contribution < 1.29 is 8.78 Å². The zero-order chi connectivity index (χ0) is 12.7. The summed E-state index contributed by atoms with van der Waals surface area (Å²) in [4.78, 5) is 2.06. The molecule has 1 nitrogen and oxygen atoms in total. The molecule has 0 saturated carbocycles. The first-order valence-electron chi connectivity index (χ1n) is 5.81. The first kappa shape index (κ1) is 14.4. The van der Waals surface area contributed by atoms with E-state index in [1.54, 1.807) is 0 Å². The zero-order valence-corrected chi connectivity index (χ0v) is 10.8. The first-order valence-corrected chi connectivity index (χ1v) is 6.35. The van der Waals surface area contributed by atoms with Gasteiger partial charge in [0.25, 0.3) is 0 Å². The van der Waals surface area contributed by atoms with Gasteiger partial charge in [0.15, 0.2) is 0 Å². The van der Waals surface area contributed by atoms with E-state index >= 15 is 0 Å². The van der Waals surface area contributed by atoms with Crippen LogP contribution in [0.5, 0.6) is 0 Å². The number of unbranched alkanes of at least 4 members (excludes halogenated alkanes) is 2. The number of nitrogens with zero attached hydrogens (tertiary/aromatic N) is 1. The summed E-state index contributed by atoms with van der Waals surface area (Å²) in [6, 6.07) is 3.64. The fraction of sp³-hybridized carbons (Fsp3) is 0.538. The normalized spacial score (nSPS) is 11.1. The minimum Gasteiger partial charge on any atom is -0.302 e. The van der Waals surface area contributed by atoms with Crippen LogP contribution in [0, 0.1) is 11.6 Å². The Labute approximate surface area is 106 Å². The van der Waals surface area contributed by atoms with Crippen molar-refractivity contribution in [2.45, 2.75) is 25.8 Å². The van der Waals surface area contributed by atoms with Gasteiger partial charge in [-0.1, -0.05) is 6.42 Å². The third kappa shape index (κ3) is 5.99. The highest BCUT2D eigenvalue weighted by Gasteiger charge is 2.04. The number of alkyl halides is 1. The standard InChI is InChI=1S/C13H18ClF2N/c1-17(6-4-2-3-5-14)10-11-7-12(15)9-13(16)8-11/h7-9H,2-6,10H2,1H3. The summed E-state index contributed by atoms with van der Waals surface area (Å²) in [5.74, 6) is -0.343. The van der Waals surface area contributed by atoms with Crippen molar-refractivity contribution in [1.29, 1.82) is 0 Å². The van der Waals surface area contributed by atoms with Crippen molar-refractivity contribution in [3.63, 3.8) is 0 Å². The minimum atomic E-state index is -0.518. The largest absolute Gasteiger partial charge is 0.302 e. The Morgan fingerprint density at radius 1 is 1.06 bits per heavy atom. The van der Waals surface area contributed by atoms with Crippen LogP contribution in [-0.4, -0.2) is 24.4 Å². The van der Waals surface area contributed by atoms with Gasteiger partial charge in [0.2, 0.25) is 0 Å². The van der Waals surface area contributed by atoms with E-state index < -0.39 is 11.6 Å². The second kappa shape index (κ2) is 7.62. The predicted molar refractivity (Wildman–Crippen MR) is 67.3 cm³/mol. The zero-order valence-electron chi connectivity index (χ0n) is 10.1. The average Bonchev–Trinajstić information content (AvgIpc) is 2.23. The van der Waals surface area contributed by atoms with Crippen LogP contribution in [0.3, 0.4) is 0 Å². The quantitative estimate of drug-likeness (QED) is 0.533. The van der Waals surface area contributed by atoms with Crippen LogP contribution in [-0.2, 0) is 6.54 Å². The molecule has 0 saturated heterocycles. The van der Waals surface area contributed by atoms with Gasteiger partial charge in [-0.25, -0.2) is 8.78 Å². The highest BCUT2D eigenvalue weighted by atomic mass is 35.5. The molecule has 17 heavy (non-hydrogen) atoms. The molecule has 1 aromatic rings. The van der Waals surface area contributed by atoms with Crippen LogP contribution < -0.4 is 0 Å². The van der Waals surface area contributed by atoms with Gasteiger partial charge < -0.3 is 4.90 Å². The van der Waals surface area contributed by atoms with Crippen molar-refractivity contribution in [1.82, 2.24) is 4.90 Å². The average molecular weight is 262 g/mol. The van der Waals surface area contributed by atoms with Gasteiger partial charge in [0.1, 0.15) is 11.6 Å². The fourth-order valence-electron chi connectivity index (χ4n) is 1.75. The lowest BCUT2D eigenvalue weighted by Crippen LogP contribution is -2.19. The van der Waals surface area contributed by atoms with Crippen LogP contribution in [0.15, 0.2) is 18.2 Å². The molecule has 0 aliphatic rings. The van der Waals surface area contributed by atoms with Crippen LogP contribution in [0.4, 0.5) is 8.78 Å². The Balaban J connectivity index is 2.36. The SMILES string of the molecule is CN(CCCCCCl)Cc1cc(F)cc(F)c1. The van der Waals surface area contributed by atoms with E-state index in [4.69, 9.17) is 11.6 Å². The first-order chi connectivity index (χ1) is 8.11. The maximum atomic E-state index is 13.0. The third-order valence-electron chi connectivity index (χ3n) is 2.55. The van der Waals surface area contributed by atoms with Gasteiger partial charge in [0, 0.05) is 18.5 Å². The number of rotatable bonds is 7. The molecular formula is C13H18ClF2N. The Hall–Kier alpha value is -0.670. The third-order valence-corrected chi connectivity index (χ3v) is 2.82. The summed E-state index contributed by atoms with van der Waals surface area (Å²) < 4.78 is 25.9. The van der Waals surface area contributed by atoms with Gasteiger partial charge in [-0.2, -0.15) is 0 Å². The Bertz CT molecular complexity index is 324. The number of benzene rings is 1. The second-order valence-corrected chi connectivity index (χ2v) is 4.64. The maximum Gasteiger partial charge on any atom is 0.126 e. The van der Waals surface area contributed by atoms with E-state index in [0.29, 0.717) is 18.0 Å². The summed E-state index contributed by atoms with van der Waals surface area (Å²) in [5, 5.41) is 0. The number of halogens is 3. The summed E-state index contributed by atoms with van der Waals surface area (Å²) in [6.07, 6.45) is 3.16. The van der Waals surface area contributed by atoms with Crippen molar-refractivity contribution in [2.24, 2.45) is 0 Å². The molecule has 0 bridgehead atoms. The van der Waals surface area contributed by atoms with Crippen molar-refractivity contribution in [3.8, 4) is 0 Å². The van der Waals surface area contributed by atoms with Gasteiger partial charge in [0.05, 0.1) is 0 Å². The van der Waals surface area contributed by atoms with Crippen molar-refractivity contribution in [2.75, 3.05) is 19.5 Å². The van der Waals surface area contributed by atoms with Gasteiger partial charge in [-0.05, 0) is 44.1 Å². The van der Waals surface area contributed by atoms with Crippen LogP contribution in [0.1, 0.15) is 24.8 Å². The maximum absolute atomic E-state index is 13.0. The molecule has 0 spiro atoms. The molecule has 0 atom stereocenters. The number of hydrogen-bond donors (Lipinski definition) is 0. The molecule has 0 aromatic heterocycles. The highest BCUT2D eigenvalue weighted by molar-refractivity contribution is 6.17. The molecule has 1 rings (SSSR count). The molecule has 0 aliphatic heterocycles. The molecule has 4 heteroatoms. The fourth-order valence-corrected chi connectivity index (χ4v) is 1.93. The van der Waals surface area contributed by atoms with Crippen LogP contribution >= 0.6 is 11.6 Å². The molecule has 96 valence electrons. The summed E-state index contributed by atoms with van der Waals surface area (Å²) >= 11 is 5.58. The van der Waals surface area contributed by atoms with Crippen LogP contribution in [0.2, 0.25) is 0 Å². The molecule has 0 N–H and O–H groups in total. The van der Waals surface area contributed by atoms with E-state index in [2.05, 4.69) is 4.90 Å².